The molecule has 0 fully saturated rings. The Kier molecular flexibility index (Phi) is 7.60. The van der Waals surface area contributed by atoms with E-state index in [0.29, 0.717) is 0 Å². The molecular formula is C36H26Br4Cu. The third kappa shape index (κ3) is 3.60. The molecule has 6 aromatic rings. The molecule has 0 spiro atoms. The Labute approximate surface area is 274 Å². The summed E-state index contributed by atoms with van der Waals surface area (Å²) in [6.07, 6.45) is 0. The summed E-state index contributed by atoms with van der Waals surface area (Å²) in [5.41, 5.74) is 0. The molecule has 6 aromatic carbocycles. The molecule has 0 aliphatic heterocycles. The van der Waals surface area contributed by atoms with Gasteiger partial charge >= 0.3 is 277 Å². The van der Waals surface area contributed by atoms with Gasteiger partial charge < -0.3 is 0 Å². The zero-order chi connectivity index (χ0) is 28.6. The van der Waals surface area contributed by atoms with Crippen molar-refractivity contribution in [1.82, 2.24) is 0 Å². The molecule has 0 aliphatic carbocycles. The first-order valence-electron chi connectivity index (χ1n) is 12.8. The van der Waals surface area contributed by atoms with Gasteiger partial charge in [-0.3, -0.25) is 0 Å². The molecular weight excluding hydrogens is 816 g/mol. The van der Waals surface area contributed by atoms with Crippen LogP contribution in [0.25, 0.3) is 0 Å². The van der Waals surface area contributed by atoms with Crippen molar-refractivity contribution < 1.29 is 10.7 Å². The molecule has 0 radical (unpaired) electrons. The molecule has 0 bridgehead atoms. The van der Waals surface area contributed by atoms with E-state index >= 15 is 0 Å². The van der Waals surface area contributed by atoms with E-state index < -0.39 is 10.7 Å². The molecule has 0 atom stereocenters. The van der Waals surface area contributed by atoms with Gasteiger partial charge in [0.1, 0.15) is 0 Å². The Morgan fingerprint density at radius 1 is 0.317 bits per heavy atom. The van der Waals surface area contributed by atoms with E-state index in [-0.39, 0.29) is 0 Å². The van der Waals surface area contributed by atoms with Crippen LogP contribution < -0.4 is 26.8 Å². The van der Waals surface area contributed by atoms with Crippen LogP contribution in [0, 0.1) is 0 Å². The van der Waals surface area contributed by atoms with Crippen LogP contribution in [0.4, 0.5) is 0 Å². The van der Waals surface area contributed by atoms with Gasteiger partial charge in [0.05, 0.1) is 0 Å². The van der Waals surface area contributed by atoms with E-state index in [0.717, 1.165) is 17.9 Å². The number of halogens is 4. The zero-order valence-corrected chi connectivity index (χ0v) is 29.1. The molecule has 0 saturated heterocycles. The summed E-state index contributed by atoms with van der Waals surface area (Å²) in [7, 11) is -4.42. The van der Waals surface area contributed by atoms with E-state index in [1.807, 2.05) is 0 Å². The van der Waals surface area contributed by atoms with E-state index in [2.05, 4.69) is 221 Å². The second-order valence-corrected chi connectivity index (χ2v) is 19.4. The molecule has 0 saturated carbocycles. The SMILES string of the molecule is Brc1cc[c]([Cu]([c]2ccccc2)([c]2ccccc2)([c]2ccccc2)([c]2ccccc2)[c]2ccc(Br)cc2Br)c(Br)c1. The van der Waals surface area contributed by atoms with E-state index in [1.54, 1.807) is 0 Å². The molecule has 6 rings (SSSR count). The predicted molar refractivity (Wildman–Crippen MR) is 187 cm³/mol. The monoisotopic (exact) mass is 837 g/mol. The summed E-state index contributed by atoms with van der Waals surface area (Å²) in [6, 6.07) is 57.6. The number of benzene rings is 6. The van der Waals surface area contributed by atoms with E-state index in [1.165, 1.54) is 26.8 Å². The third-order valence-electron chi connectivity index (χ3n) is 7.08. The summed E-state index contributed by atoms with van der Waals surface area (Å²) in [6.45, 7) is 0. The normalized spacial score (nSPS) is 13.3. The van der Waals surface area contributed by atoms with Crippen molar-refractivity contribution in [3.63, 3.8) is 0 Å². The molecule has 0 heterocycles. The fraction of sp³-hybridized carbons (Fsp3) is 0. The van der Waals surface area contributed by atoms with Gasteiger partial charge in [0, 0.05) is 0 Å². The van der Waals surface area contributed by atoms with Crippen LogP contribution in [0.2, 0.25) is 0 Å². The van der Waals surface area contributed by atoms with Crippen molar-refractivity contribution in [3.05, 3.63) is 176 Å². The second-order valence-electron chi connectivity index (χ2n) is 9.17. The third-order valence-corrected chi connectivity index (χ3v) is 20.0. The van der Waals surface area contributed by atoms with Crippen molar-refractivity contribution in [3.8, 4) is 0 Å². The van der Waals surface area contributed by atoms with Crippen LogP contribution in [0.15, 0.2) is 176 Å². The van der Waals surface area contributed by atoms with Gasteiger partial charge in [-0.15, -0.1) is 0 Å². The van der Waals surface area contributed by atoms with Gasteiger partial charge in [-0.2, -0.15) is 0 Å². The Morgan fingerprint density at radius 2 is 0.585 bits per heavy atom. The Bertz CT molecular complexity index is 1620. The molecule has 0 unspecified atom stereocenters. The van der Waals surface area contributed by atoms with Crippen molar-refractivity contribution in [2.24, 2.45) is 0 Å². The summed E-state index contributed by atoms with van der Waals surface area (Å²) >= 11 is 15.8. The van der Waals surface area contributed by atoms with Gasteiger partial charge in [-0.1, -0.05) is 0 Å². The minimum absolute atomic E-state index is 1.01. The summed E-state index contributed by atoms with van der Waals surface area (Å²) in [5, 5.41) is 0. The summed E-state index contributed by atoms with van der Waals surface area (Å²) in [4.78, 5) is 0. The second kappa shape index (κ2) is 10.8. The quantitative estimate of drug-likeness (QED) is 0.149. The maximum absolute atomic E-state index is 4.42. The van der Waals surface area contributed by atoms with Crippen LogP contribution >= 0.6 is 63.7 Å². The fourth-order valence-corrected chi connectivity index (χ4v) is 20.7. The summed E-state index contributed by atoms with van der Waals surface area (Å²) < 4.78 is 11.2. The first-order valence-corrected chi connectivity index (χ1v) is 18.8. The molecule has 0 nitrogen and oxygen atoms in total. The summed E-state index contributed by atoms with van der Waals surface area (Å²) in [5.74, 6) is 0. The van der Waals surface area contributed by atoms with Crippen molar-refractivity contribution in [2.45, 2.75) is 0 Å². The Hall–Kier alpha value is -2.24. The standard InChI is InChI=1S/2C6H3Br2.4C6H5.Cu/c2*7-5-2-1-3-6(8)4-5;4*1-2-4-6-5-3-1;/h2*1-2,4H;4*1-5H;. The van der Waals surface area contributed by atoms with Crippen LogP contribution in [0.1, 0.15) is 0 Å². The van der Waals surface area contributed by atoms with Crippen molar-refractivity contribution >= 4 is 90.5 Å². The van der Waals surface area contributed by atoms with Gasteiger partial charge in [0.2, 0.25) is 0 Å². The van der Waals surface area contributed by atoms with Gasteiger partial charge in [0.15, 0.2) is 0 Å². The zero-order valence-electron chi connectivity index (χ0n) is 21.8. The topological polar surface area (TPSA) is 0 Å². The minimum atomic E-state index is -4.42. The predicted octanol–water partition coefficient (Wildman–Crippen LogP) is 8.21. The fourth-order valence-electron chi connectivity index (χ4n) is 5.57. The molecule has 41 heavy (non-hydrogen) atoms. The van der Waals surface area contributed by atoms with Crippen LogP contribution in [0.3, 0.4) is 0 Å². The molecule has 5 heteroatoms. The van der Waals surface area contributed by atoms with Crippen LogP contribution in [-0.2, 0) is 10.7 Å². The first kappa shape index (κ1) is 28.9. The molecule has 0 aliphatic rings. The van der Waals surface area contributed by atoms with Crippen molar-refractivity contribution in [1.29, 1.82) is 0 Å². The van der Waals surface area contributed by atoms with Crippen LogP contribution in [0.5, 0.6) is 0 Å². The molecule has 0 amide bonds. The van der Waals surface area contributed by atoms with Crippen LogP contribution in [-0.4, -0.2) is 0 Å². The Balaban J connectivity index is 2.20. The average Bonchev–Trinajstić information content (AvgIpc) is 3.01. The van der Waals surface area contributed by atoms with E-state index in [4.69, 9.17) is 0 Å². The van der Waals surface area contributed by atoms with Crippen molar-refractivity contribution in [2.75, 3.05) is 0 Å². The number of rotatable bonds is 6. The molecule has 0 aromatic heterocycles. The molecule has 209 valence electrons. The van der Waals surface area contributed by atoms with Gasteiger partial charge in [0.25, 0.3) is 0 Å². The maximum atomic E-state index is 4.15. The van der Waals surface area contributed by atoms with Gasteiger partial charge in [-0.25, -0.2) is 0 Å². The molecule has 0 N–H and O–H groups in total. The van der Waals surface area contributed by atoms with Gasteiger partial charge in [-0.05, 0) is 0 Å². The van der Waals surface area contributed by atoms with E-state index in [9.17, 15) is 0 Å². The first-order chi connectivity index (χ1) is 19.9. The Morgan fingerprint density at radius 3 is 0.829 bits per heavy atom. The number of hydrogen-bond acceptors (Lipinski definition) is 0. The average molecular weight is 842 g/mol. The number of hydrogen-bond donors (Lipinski definition) is 0.